The van der Waals surface area contributed by atoms with Gasteiger partial charge in [-0.15, -0.1) is 0 Å². The summed E-state index contributed by atoms with van der Waals surface area (Å²) in [7, 11) is 0. The minimum Gasteiger partial charge on any atom is -0.376 e. The average molecular weight is 327 g/mol. The number of allylic oxidation sites excluding steroid dienone is 2. The van der Waals surface area contributed by atoms with Gasteiger partial charge in [0.05, 0.1) is 21.7 Å². The second-order valence-corrected chi connectivity index (χ2v) is 6.44. The van der Waals surface area contributed by atoms with Gasteiger partial charge in [-0.25, -0.2) is 0 Å². The van der Waals surface area contributed by atoms with E-state index in [-0.39, 0.29) is 16.7 Å². The van der Waals surface area contributed by atoms with Crippen LogP contribution in [0.25, 0.3) is 0 Å². The molecule has 0 bridgehead atoms. The van der Waals surface area contributed by atoms with Gasteiger partial charge in [0.1, 0.15) is 0 Å². The Labute approximate surface area is 138 Å². The number of nitrogens with one attached hydrogen (secondary N) is 1. The summed E-state index contributed by atoms with van der Waals surface area (Å²) in [6.45, 7) is 0. The molecule has 0 saturated heterocycles. The molecule has 2 aliphatic rings. The zero-order valence-corrected chi connectivity index (χ0v) is 13.0. The Balaban J connectivity index is 1.80. The Morgan fingerprint density at radius 2 is 2.04 bits per heavy atom. The first-order valence-corrected chi connectivity index (χ1v) is 7.99. The highest BCUT2D eigenvalue weighted by Gasteiger charge is 2.38. The van der Waals surface area contributed by atoms with E-state index in [1.54, 1.807) is 12.1 Å². The van der Waals surface area contributed by atoms with Crippen molar-refractivity contribution in [1.82, 2.24) is 0 Å². The SMILES string of the molecule is O=[N+]([O-])c1cccc([C@H]2Nc3c(Cl)cccc3[C@H]3C=CC[C@@H]32)c1. The van der Waals surface area contributed by atoms with Crippen LogP contribution < -0.4 is 5.32 Å². The number of rotatable bonds is 2. The third-order valence-electron chi connectivity index (χ3n) is 4.79. The number of hydrogen-bond acceptors (Lipinski definition) is 3. The summed E-state index contributed by atoms with van der Waals surface area (Å²) >= 11 is 6.37. The van der Waals surface area contributed by atoms with Crippen molar-refractivity contribution in [2.75, 3.05) is 5.32 Å². The molecule has 1 heterocycles. The molecule has 4 rings (SSSR count). The van der Waals surface area contributed by atoms with E-state index in [4.69, 9.17) is 11.6 Å². The van der Waals surface area contributed by atoms with E-state index in [1.807, 2.05) is 18.2 Å². The molecule has 116 valence electrons. The lowest BCUT2D eigenvalue weighted by Crippen LogP contribution is -2.29. The number of halogens is 1. The lowest BCUT2D eigenvalue weighted by molar-refractivity contribution is -0.384. The van der Waals surface area contributed by atoms with Crippen molar-refractivity contribution in [3.05, 3.63) is 80.9 Å². The van der Waals surface area contributed by atoms with E-state index >= 15 is 0 Å². The van der Waals surface area contributed by atoms with Crippen molar-refractivity contribution in [1.29, 1.82) is 0 Å². The highest BCUT2D eigenvalue weighted by Crippen LogP contribution is 2.51. The second-order valence-electron chi connectivity index (χ2n) is 6.03. The number of nitro groups is 1. The van der Waals surface area contributed by atoms with Gasteiger partial charge in [-0.05, 0) is 29.5 Å². The van der Waals surface area contributed by atoms with Crippen LogP contribution in [0, 0.1) is 16.0 Å². The molecule has 1 aliphatic heterocycles. The Morgan fingerprint density at radius 3 is 2.87 bits per heavy atom. The number of nitro benzene ring substituents is 1. The standard InChI is InChI=1S/C18H15ClN2O2/c19-16-9-3-8-15-13-6-2-7-14(13)17(20-18(15)16)11-4-1-5-12(10-11)21(22)23/h1-6,8-10,13-14,17,20H,7H2/t13-,14-,17+/m0/s1. The topological polar surface area (TPSA) is 55.2 Å². The predicted molar refractivity (Wildman–Crippen MR) is 90.9 cm³/mol. The van der Waals surface area contributed by atoms with E-state index in [9.17, 15) is 10.1 Å². The van der Waals surface area contributed by atoms with Crippen molar-refractivity contribution in [3.63, 3.8) is 0 Å². The number of hydrogen-bond donors (Lipinski definition) is 1. The van der Waals surface area contributed by atoms with Gasteiger partial charge in [-0.3, -0.25) is 10.1 Å². The first kappa shape index (κ1) is 14.3. The lowest BCUT2D eigenvalue weighted by atomic mass is 9.77. The van der Waals surface area contributed by atoms with Crippen LogP contribution in [0.5, 0.6) is 0 Å². The van der Waals surface area contributed by atoms with Gasteiger partial charge in [0, 0.05) is 18.1 Å². The van der Waals surface area contributed by atoms with E-state index in [1.165, 1.54) is 11.6 Å². The lowest BCUT2D eigenvalue weighted by Gasteiger charge is -2.37. The molecule has 0 amide bonds. The second kappa shape index (κ2) is 5.39. The monoisotopic (exact) mass is 326 g/mol. The molecular weight excluding hydrogens is 312 g/mol. The van der Waals surface area contributed by atoms with Gasteiger partial charge < -0.3 is 5.32 Å². The number of nitrogens with zero attached hydrogens (tertiary/aromatic N) is 1. The quantitative estimate of drug-likeness (QED) is 0.476. The number of non-ortho nitro benzene ring substituents is 1. The maximum absolute atomic E-state index is 11.1. The molecule has 5 heteroatoms. The molecule has 0 radical (unpaired) electrons. The van der Waals surface area contributed by atoms with Crippen LogP contribution in [0.3, 0.4) is 0 Å². The van der Waals surface area contributed by atoms with Crippen LogP contribution >= 0.6 is 11.6 Å². The summed E-state index contributed by atoms with van der Waals surface area (Å²) in [5, 5.41) is 15.3. The van der Waals surface area contributed by atoms with Crippen LogP contribution in [-0.2, 0) is 0 Å². The van der Waals surface area contributed by atoms with Gasteiger partial charge in [0.15, 0.2) is 0 Å². The van der Waals surface area contributed by atoms with E-state index in [0.717, 1.165) is 17.7 Å². The summed E-state index contributed by atoms with van der Waals surface area (Å²) in [6.07, 6.45) is 5.37. The largest absolute Gasteiger partial charge is 0.376 e. The van der Waals surface area contributed by atoms with Crippen LogP contribution in [0.1, 0.15) is 29.5 Å². The fourth-order valence-corrected chi connectivity index (χ4v) is 3.98. The smallest absolute Gasteiger partial charge is 0.269 e. The first-order chi connectivity index (χ1) is 11.1. The van der Waals surface area contributed by atoms with Crippen molar-refractivity contribution in [2.45, 2.75) is 18.4 Å². The van der Waals surface area contributed by atoms with Crippen molar-refractivity contribution < 1.29 is 4.92 Å². The van der Waals surface area contributed by atoms with E-state index in [2.05, 4.69) is 23.5 Å². The van der Waals surface area contributed by atoms with Gasteiger partial charge in [-0.2, -0.15) is 0 Å². The Bertz CT molecular complexity index is 818. The number of benzene rings is 2. The molecule has 4 nitrogen and oxygen atoms in total. The molecule has 0 spiro atoms. The zero-order valence-electron chi connectivity index (χ0n) is 12.3. The Morgan fingerprint density at radius 1 is 1.22 bits per heavy atom. The average Bonchev–Trinajstić information content (AvgIpc) is 3.04. The maximum Gasteiger partial charge on any atom is 0.269 e. The van der Waals surface area contributed by atoms with Crippen molar-refractivity contribution in [2.24, 2.45) is 5.92 Å². The highest BCUT2D eigenvalue weighted by atomic mass is 35.5. The molecular formula is C18H15ClN2O2. The fourth-order valence-electron chi connectivity index (χ4n) is 3.75. The van der Waals surface area contributed by atoms with Crippen LogP contribution in [-0.4, -0.2) is 4.92 Å². The number of anilines is 1. The minimum atomic E-state index is -0.350. The maximum atomic E-state index is 11.1. The molecule has 23 heavy (non-hydrogen) atoms. The summed E-state index contributed by atoms with van der Waals surface area (Å²) in [5.41, 5.74) is 3.21. The summed E-state index contributed by atoms with van der Waals surface area (Å²) < 4.78 is 0. The molecule has 0 unspecified atom stereocenters. The first-order valence-electron chi connectivity index (χ1n) is 7.61. The van der Waals surface area contributed by atoms with Crippen molar-refractivity contribution in [3.8, 4) is 0 Å². The third-order valence-corrected chi connectivity index (χ3v) is 5.10. The number of fused-ring (bicyclic) bond motifs is 3. The fraction of sp³-hybridized carbons (Fsp3) is 0.222. The number of para-hydroxylation sites is 1. The molecule has 1 aliphatic carbocycles. The van der Waals surface area contributed by atoms with E-state index in [0.29, 0.717) is 16.9 Å². The van der Waals surface area contributed by atoms with Crippen LogP contribution in [0.2, 0.25) is 5.02 Å². The molecule has 0 saturated carbocycles. The highest BCUT2D eigenvalue weighted by molar-refractivity contribution is 6.33. The normalized spacial score (nSPS) is 24.7. The molecule has 3 atom stereocenters. The summed E-state index contributed by atoms with van der Waals surface area (Å²) in [5.74, 6) is 0.650. The summed E-state index contributed by atoms with van der Waals surface area (Å²) in [6, 6.07) is 12.8. The van der Waals surface area contributed by atoms with Crippen LogP contribution in [0.15, 0.2) is 54.6 Å². The molecule has 2 aromatic rings. The van der Waals surface area contributed by atoms with Crippen molar-refractivity contribution >= 4 is 23.0 Å². The Kier molecular flexibility index (Phi) is 3.34. The molecule has 0 fully saturated rings. The van der Waals surface area contributed by atoms with Gasteiger partial charge in [-0.1, -0.05) is 48.0 Å². The van der Waals surface area contributed by atoms with Gasteiger partial charge >= 0.3 is 0 Å². The summed E-state index contributed by atoms with van der Waals surface area (Å²) in [4.78, 5) is 10.7. The molecule has 2 aromatic carbocycles. The van der Waals surface area contributed by atoms with Gasteiger partial charge in [0.2, 0.25) is 0 Å². The molecule has 1 N–H and O–H groups in total. The van der Waals surface area contributed by atoms with Gasteiger partial charge in [0.25, 0.3) is 5.69 Å². The van der Waals surface area contributed by atoms with E-state index < -0.39 is 0 Å². The predicted octanol–water partition coefficient (Wildman–Crippen LogP) is 5.07. The zero-order chi connectivity index (χ0) is 16.0. The van der Waals surface area contributed by atoms with Crippen LogP contribution in [0.4, 0.5) is 11.4 Å². The molecule has 0 aromatic heterocycles. The minimum absolute atomic E-state index is 0.0160. The third kappa shape index (κ3) is 2.30. The Hall–Kier alpha value is -2.33.